The summed E-state index contributed by atoms with van der Waals surface area (Å²) < 4.78 is 7.66. The van der Waals surface area contributed by atoms with E-state index in [1.165, 1.54) is 0 Å². The molecule has 0 bridgehead atoms. The normalized spacial score (nSPS) is 11.4. The zero-order chi connectivity index (χ0) is 24.3. The maximum absolute atomic E-state index is 11.2. The average molecular weight is 475 g/mol. The zero-order valence-electron chi connectivity index (χ0n) is 19.5. The Kier molecular flexibility index (Phi) is 6.75. The monoisotopic (exact) mass is 474 g/mol. The Morgan fingerprint density at radius 2 is 1.71 bits per heavy atom. The number of hydrogen-bond acceptors (Lipinski definition) is 3. The highest BCUT2D eigenvalue weighted by Gasteiger charge is 2.20. The van der Waals surface area contributed by atoms with Crippen LogP contribution in [-0.2, 0) is 16.8 Å². The van der Waals surface area contributed by atoms with E-state index in [0.717, 1.165) is 27.9 Å². The standard InChI is InChI=1S/C28H27ClN2O3/c1-28(2,3)21-11-14-23(26(15-21)34-18-27(32)33)24-16-25(20-9-12-22(29)13-10-20)31(30-24)17-19-7-5-4-6-8-19/h4-16H,17-18H2,1-3H3,(H,32,33). The molecule has 1 heterocycles. The van der Waals surface area contributed by atoms with Gasteiger partial charge in [-0.25, -0.2) is 4.79 Å². The van der Waals surface area contributed by atoms with E-state index in [4.69, 9.17) is 21.4 Å². The molecule has 0 saturated heterocycles. The molecule has 0 atom stereocenters. The molecule has 5 nitrogen and oxygen atoms in total. The van der Waals surface area contributed by atoms with E-state index in [1.54, 1.807) is 0 Å². The second-order valence-electron chi connectivity index (χ2n) is 9.21. The van der Waals surface area contributed by atoms with E-state index in [-0.39, 0.29) is 5.41 Å². The molecule has 0 unspecified atom stereocenters. The fraction of sp³-hybridized carbons (Fsp3) is 0.214. The topological polar surface area (TPSA) is 64.4 Å². The van der Waals surface area contributed by atoms with Crippen LogP contribution in [0.15, 0.2) is 78.9 Å². The third kappa shape index (κ3) is 5.49. The first-order valence-electron chi connectivity index (χ1n) is 11.1. The van der Waals surface area contributed by atoms with Gasteiger partial charge in [0.1, 0.15) is 5.75 Å². The van der Waals surface area contributed by atoms with Gasteiger partial charge in [0, 0.05) is 10.6 Å². The van der Waals surface area contributed by atoms with Crippen LogP contribution in [0.25, 0.3) is 22.5 Å². The van der Waals surface area contributed by atoms with Gasteiger partial charge in [-0.05, 0) is 52.4 Å². The van der Waals surface area contributed by atoms with Gasteiger partial charge in [0.05, 0.1) is 17.9 Å². The van der Waals surface area contributed by atoms with Crippen molar-refractivity contribution in [2.24, 2.45) is 0 Å². The Morgan fingerprint density at radius 1 is 1.00 bits per heavy atom. The quantitative estimate of drug-likeness (QED) is 0.324. The number of benzene rings is 3. The molecular weight excluding hydrogens is 448 g/mol. The molecule has 4 aromatic rings. The fourth-order valence-corrected chi connectivity index (χ4v) is 3.86. The molecule has 0 fully saturated rings. The van der Waals surface area contributed by atoms with E-state index in [2.05, 4.69) is 32.9 Å². The van der Waals surface area contributed by atoms with Gasteiger partial charge >= 0.3 is 5.97 Å². The number of hydrogen-bond donors (Lipinski definition) is 1. The van der Waals surface area contributed by atoms with Gasteiger partial charge in [0.25, 0.3) is 0 Å². The number of carbonyl (C=O) groups is 1. The molecule has 0 aliphatic carbocycles. The Morgan fingerprint density at radius 3 is 2.35 bits per heavy atom. The Bertz CT molecular complexity index is 1290. The minimum absolute atomic E-state index is 0.110. The van der Waals surface area contributed by atoms with Crippen LogP contribution in [0.5, 0.6) is 5.75 Å². The highest BCUT2D eigenvalue weighted by Crippen LogP contribution is 2.36. The molecule has 4 rings (SSSR count). The van der Waals surface area contributed by atoms with E-state index >= 15 is 0 Å². The second kappa shape index (κ2) is 9.74. The summed E-state index contributed by atoms with van der Waals surface area (Å²) in [7, 11) is 0. The number of carboxylic acid groups (broad SMARTS) is 1. The third-order valence-corrected chi connectivity index (χ3v) is 5.82. The smallest absolute Gasteiger partial charge is 0.341 e. The zero-order valence-corrected chi connectivity index (χ0v) is 20.2. The largest absolute Gasteiger partial charge is 0.481 e. The summed E-state index contributed by atoms with van der Waals surface area (Å²) in [5.74, 6) is -0.523. The van der Waals surface area contributed by atoms with Crippen LogP contribution in [0.3, 0.4) is 0 Å². The predicted octanol–water partition coefficient (Wildman–Crippen LogP) is 6.68. The highest BCUT2D eigenvalue weighted by atomic mass is 35.5. The minimum atomic E-state index is -1.02. The molecule has 1 aromatic heterocycles. The van der Waals surface area contributed by atoms with Gasteiger partial charge in [-0.3, -0.25) is 4.68 Å². The summed E-state index contributed by atoms with van der Waals surface area (Å²) in [6.45, 7) is 6.49. The molecule has 0 radical (unpaired) electrons. The molecule has 0 saturated carbocycles. The van der Waals surface area contributed by atoms with Crippen molar-refractivity contribution in [1.29, 1.82) is 0 Å². The molecule has 174 valence electrons. The third-order valence-electron chi connectivity index (χ3n) is 5.57. The summed E-state index contributed by atoms with van der Waals surface area (Å²) >= 11 is 6.12. The molecule has 6 heteroatoms. The number of ether oxygens (including phenoxy) is 1. The number of aliphatic carboxylic acids is 1. The Balaban J connectivity index is 1.82. The molecule has 0 spiro atoms. The maximum atomic E-state index is 11.2. The van der Waals surface area contributed by atoms with Crippen LogP contribution in [0.4, 0.5) is 0 Å². The van der Waals surface area contributed by atoms with Crippen molar-refractivity contribution >= 4 is 17.6 Å². The maximum Gasteiger partial charge on any atom is 0.341 e. The van der Waals surface area contributed by atoms with Crippen molar-refractivity contribution in [3.8, 4) is 28.3 Å². The number of carboxylic acids is 1. The van der Waals surface area contributed by atoms with Crippen LogP contribution < -0.4 is 4.74 Å². The summed E-state index contributed by atoms with van der Waals surface area (Å²) in [5, 5.41) is 14.8. The first-order chi connectivity index (χ1) is 16.2. The second-order valence-corrected chi connectivity index (χ2v) is 9.64. The van der Waals surface area contributed by atoms with Gasteiger partial charge in [-0.2, -0.15) is 5.10 Å². The molecule has 3 aromatic carbocycles. The summed E-state index contributed by atoms with van der Waals surface area (Å²) in [6, 6.07) is 25.7. The lowest BCUT2D eigenvalue weighted by Crippen LogP contribution is -2.13. The lowest BCUT2D eigenvalue weighted by atomic mass is 9.86. The summed E-state index contributed by atoms with van der Waals surface area (Å²) in [6.07, 6.45) is 0. The van der Waals surface area contributed by atoms with Crippen LogP contribution in [0, 0.1) is 0 Å². The van der Waals surface area contributed by atoms with Gasteiger partial charge in [-0.1, -0.05) is 80.9 Å². The van der Waals surface area contributed by atoms with Crippen LogP contribution in [-0.4, -0.2) is 27.5 Å². The first-order valence-corrected chi connectivity index (χ1v) is 11.5. The average Bonchev–Trinajstić information content (AvgIpc) is 3.21. The number of rotatable bonds is 7. The SMILES string of the molecule is CC(C)(C)c1ccc(-c2cc(-c3ccc(Cl)cc3)n(Cc3ccccc3)n2)c(OCC(=O)O)c1. The van der Waals surface area contributed by atoms with Crippen molar-refractivity contribution in [2.75, 3.05) is 6.61 Å². The van der Waals surface area contributed by atoms with Crippen molar-refractivity contribution in [2.45, 2.75) is 32.7 Å². The van der Waals surface area contributed by atoms with Crippen molar-refractivity contribution in [1.82, 2.24) is 9.78 Å². The van der Waals surface area contributed by atoms with E-state index in [9.17, 15) is 9.90 Å². The number of halogens is 1. The molecule has 34 heavy (non-hydrogen) atoms. The van der Waals surface area contributed by atoms with Gasteiger partial charge in [0.15, 0.2) is 6.61 Å². The Hall–Kier alpha value is -3.57. The number of aromatic nitrogens is 2. The van der Waals surface area contributed by atoms with Gasteiger partial charge < -0.3 is 9.84 Å². The van der Waals surface area contributed by atoms with Crippen LogP contribution in [0.1, 0.15) is 31.9 Å². The fourth-order valence-electron chi connectivity index (χ4n) is 3.74. The van der Waals surface area contributed by atoms with Gasteiger partial charge in [-0.15, -0.1) is 0 Å². The highest BCUT2D eigenvalue weighted by molar-refractivity contribution is 6.30. The molecular formula is C28H27ClN2O3. The summed E-state index contributed by atoms with van der Waals surface area (Å²) in [5.41, 5.74) is 5.44. The van der Waals surface area contributed by atoms with Crippen LogP contribution in [0.2, 0.25) is 5.02 Å². The van der Waals surface area contributed by atoms with Crippen molar-refractivity contribution in [3.63, 3.8) is 0 Å². The van der Waals surface area contributed by atoms with Gasteiger partial charge in [0.2, 0.25) is 0 Å². The van der Waals surface area contributed by atoms with Crippen LogP contribution >= 0.6 is 11.6 Å². The van der Waals surface area contributed by atoms with Crippen molar-refractivity contribution in [3.05, 3.63) is 95.0 Å². The van der Waals surface area contributed by atoms with E-state index < -0.39 is 12.6 Å². The Labute approximate surface area is 204 Å². The minimum Gasteiger partial charge on any atom is -0.481 e. The molecule has 0 aliphatic heterocycles. The van der Waals surface area contributed by atoms with Crippen molar-refractivity contribution < 1.29 is 14.6 Å². The molecule has 1 N–H and O–H groups in total. The lowest BCUT2D eigenvalue weighted by molar-refractivity contribution is -0.139. The van der Waals surface area contributed by atoms with E-state index in [1.807, 2.05) is 71.4 Å². The number of nitrogens with zero attached hydrogens (tertiary/aromatic N) is 2. The summed E-state index contributed by atoms with van der Waals surface area (Å²) in [4.78, 5) is 11.2. The first kappa shape index (κ1) is 23.6. The molecule has 0 aliphatic rings. The van der Waals surface area contributed by atoms with E-state index in [0.29, 0.717) is 23.0 Å². The molecule has 0 amide bonds. The lowest BCUT2D eigenvalue weighted by Gasteiger charge is -2.21. The predicted molar refractivity (Wildman–Crippen MR) is 135 cm³/mol.